The molecule has 0 unspecified atom stereocenters. The van der Waals surface area contributed by atoms with Gasteiger partial charge >= 0.3 is 0 Å². The Labute approximate surface area is 173 Å². The Morgan fingerprint density at radius 3 is 2.69 bits per heavy atom. The van der Waals surface area contributed by atoms with Crippen molar-refractivity contribution in [3.63, 3.8) is 0 Å². The number of hydrogen-bond acceptors (Lipinski definition) is 4. The first-order valence-corrected chi connectivity index (χ1v) is 10.7. The minimum atomic E-state index is 0.0123. The van der Waals surface area contributed by atoms with E-state index in [0.717, 1.165) is 57.2 Å². The molecule has 0 bridgehead atoms. The van der Waals surface area contributed by atoms with E-state index in [2.05, 4.69) is 52.4 Å². The van der Waals surface area contributed by atoms with Crippen LogP contribution < -0.4 is 10.2 Å². The minimum Gasteiger partial charge on any atom is -0.378 e. The van der Waals surface area contributed by atoms with Crippen LogP contribution in [0.1, 0.15) is 33.8 Å². The summed E-state index contributed by atoms with van der Waals surface area (Å²) in [4.78, 5) is 17.4. The number of hydrogen-bond donors (Lipinski definition) is 1. The maximum atomic E-state index is 12.7. The molecular formula is C24H31N3O2. The smallest absolute Gasteiger partial charge is 0.251 e. The number of rotatable bonds is 6. The quantitative estimate of drug-likeness (QED) is 0.819. The average molecular weight is 394 g/mol. The summed E-state index contributed by atoms with van der Waals surface area (Å²) in [6, 6.07) is 16.7. The van der Waals surface area contributed by atoms with E-state index >= 15 is 0 Å². The Kier molecular flexibility index (Phi) is 6.47. The summed E-state index contributed by atoms with van der Waals surface area (Å²) < 4.78 is 5.45. The molecule has 2 aliphatic heterocycles. The number of nitrogens with zero attached hydrogens (tertiary/aromatic N) is 2. The number of carbonyl (C=O) groups is 1. The SMILES string of the molecule is Cc1ccc(C(=O)NCCN2CC[C@@H](c3ccccc3)C2)cc1N1CCOCC1. The molecule has 2 fully saturated rings. The predicted octanol–water partition coefficient (Wildman–Crippen LogP) is 3.05. The molecule has 1 amide bonds. The Bertz CT molecular complexity index is 818. The van der Waals surface area contributed by atoms with E-state index in [0.29, 0.717) is 12.5 Å². The van der Waals surface area contributed by atoms with Crippen molar-refractivity contribution in [1.29, 1.82) is 0 Å². The third kappa shape index (κ3) is 4.98. The summed E-state index contributed by atoms with van der Waals surface area (Å²) in [5.41, 5.74) is 4.51. The van der Waals surface area contributed by atoms with Crippen molar-refractivity contribution in [2.75, 3.05) is 57.4 Å². The molecule has 1 atom stereocenters. The van der Waals surface area contributed by atoms with E-state index in [1.807, 2.05) is 18.2 Å². The molecule has 5 nitrogen and oxygen atoms in total. The number of likely N-dealkylation sites (tertiary alicyclic amines) is 1. The number of morpholine rings is 1. The zero-order chi connectivity index (χ0) is 20.1. The number of anilines is 1. The summed E-state index contributed by atoms with van der Waals surface area (Å²) in [7, 11) is 0. The average Bonchev–Trinajstić information content (AvgIpc) is 3.24. The van der Waals surface area contributed by atoms with Gasteiger partial charge in [0, 0.05) is 44.0 Å². The van der Waals surface area contributed by atoms with E-state index in [4.69, 9.17) is 4.74 Å². The summed E-state index contributed by atoms with van der Waals surface area (Å²) >= 11 is 0. The van der Waals surface area contributed by atoms with Crippen LogP contribution in [0, 0.1) is 6.92 Å². The molecule has 2 heterocycles. The summed E-state index contributed by atoms with van der Waals surface area (Å²) in [5.74, 6) is 0.624. The van der Waals surface area contributed by atoms with Crippen molar-refractivity contribution in [1.82, 2.24) is 10.2 Å². The van der Waals surface area contributed by atoms with Gasteiger partial charge in [0.05, 0.1) is 13.2 Å². The molecule has 0 spiro atoms. The number of aryl methyl sites for hydroxylation is 1. The fourth-order valence-electron chi connectivity index (χ4n) is 4.36. The van der Waals surface area contributed by atoms with Crippen molar-refractivity contribution < 1.29 is 9.53 Å². The highest BCUT2D eigenvalue weighted by atomic mass is 16.5. The molecule has 154 valence electrons. The van der Waals surface area contributed by atoms with E-state index in [1.54, 1.807) is 0 Å². The Morgan fingerprint density at radius 1 is 1.10 bits per heavy atom. The van der Waals surface area contributed by atoms with Gasteiger partial charge in [-0.05, 0) is 49.1 Å². The van der Waals surface area contributed by atoms with Gasteiger partial charge in [0.2, 0.25) is 0 Å². The molecule has 2 aromatic rings. The summed E-state index contributed by atoms with van der Waals surface area (Å²) in [5, 5.41) is 3.11. The lowest BCUT2D eigenvalue weighted by Crippen LogP contribution is -2.37. The van der Waals surface area contributed by atoms with Gasteiger partial charge < -0.3 is 19.9 Å². The van der Waals surface area contributed by atoms with Gasteiger partial charge in [-0.2, -0.15) is 0 Å². The molecule has 2 aromatic carbocycles. The molecule has 0 radical (unpaired) electrons. The molecule has 0 saturated carbocycles. The van der Waals surface area contributed by atoms with Crippen molar-refractivity contribution in [2.45, 2.75) is 19.3 Å². The van der Waals surface area contributed by atoms with Crippen LogP contribution in [0.5, 0.6) is 0 Å². The van der Waals surface area contributed by atoms with Crippen LogP contribution >= 0.6 is 0 Å². The Balaban J connectivity index is 1.28. The fraction of sp³-hybridized carbons (Fsp3) is 0.458. The van der Waals surface area contributed by atoms with E-state index in [9.17, 15) is 4.79 Å². The zero-order valence-electron chi connectivity index (χ0n) is 17.3. The van der Waals surface area contributed by atoms with Crippen LogP contribution in [0.2, 0.25) is 0 Å². The first kappa shape index (κ1) is 19.9. The van der Waals surface area contributed by atoms with E-state index < -0.39 is 0 Å². The van der Waals surface area contributed by atoms with Gasteiger partial charge in [-0.15, -0.1) is 0 Å². The second-order valence-electron chi connectivity index (χ2n) is 8.05. The molecule has 2 aliphatic rings. The van der Waals surface area contributed by atoms with Gasteiger partial charge in [0.1, 0.15) is 0 Å². The number of ether oxygens (including phenoxy) is 1. The molecule has 5 heteroatoms. The number of benzene rings is 2. The topological polar surface area (TPSA) is 44.8 Å². The Morgan fingerprint density at radius 2 is 1.90 bits per heavy atom. The highest BCUT2D eigenvalue weighted by Crippen LogP contribution is 2.26. The molecule has 0 aromatic heterocycles. The van der Waals surface area contributed by atoms with Crippen molar-refractivity contribution in [3.05, 3.63) is 65.2 Å². The van der Waals surface area contributed by atoms with E-state index in [-0.39, 0.29) is 5.91 Å². The molecule has 1 N–H and O–H groups in total. The standard InChI is InChI=1S/C24H31N3O2/c1-19-7-8-21(17-23(19)27-13-15-29-16-14-27)24(28)25-10-12-26-11-9-22(18-26)20-5-3-2-4-6-20/h2-8,17,22H,9-16,18H2,1H3,(H,25,28)/t22-/m1/s1. The lowest BCUT2D eigenvalue weighted by molar-refractivity contribution is 0.0949. The van der Waals surface area contributed by atoms with Crippen molar-refractivity contribution in [2.24, 2.45) is 0 Å². The van der Waals surface area contributed by atoms with Gasteiger partial charge in [-0.3, -0.25) is 4.79 Å². The van der Waals surface area contributed by atoms with Gasteiger partial charge in [-0.25, -0.2) is 0 Å². The van der Waals surface area contributed by atoms with Crippen molar-refractivity contribution in [3.8, 4) is 0 Å². The lowest BCUT2D eigenvalue weighted by Gasteiger charge is -2.30. The Hall–Kier alpha value is -2.37. The lowest BCUT2D eigenvalue weighted by atomic mass is 9.99. The minimum absolute atomic E-state index is 0.0123. The highest BCUT2D eigenvalue weighted by Gasteiger charge is 2.23. The van der Waals surface area contributed by atoms with Crippen LogP contribution in [-0.4, -0.2) is 63.3 Å². The van der Waals surface area contributed by atoms with Crippen molar-refractivity contribution >= 4 is 11.6 Å². The monoisotopic (exact) mass is 393 g/mol. The number of nitrogens with one attached hydrogen (secondary N) is 1. The third-order valence-corrected chi connectivity index (χ3v) is 6.08. The maximum absolute atomic E-state index is 12.7. The van der Waals surface area contributed by atoms with Crippen LogP contribution in [0.15, 0.2) is 48.5 Å². The van der Waals surface area contributed by atoms with Crippen LogP contribution in [-0.2, 0) is 4.74 Å². The molecular weight excluding hydrogens is 362 g/mol. The van der Waals surface area contributed by atoms with Crippen LogP contribution in [0.4, 0.5) is 5.69 Å². The summed E-state index contributed by atoms with van der Waals surface area (Å²) in [6.45, 7) is 9.10. The molecule has 29 heavy (non-hydrogen) atoms. The second kappa shape index (κ2) is 9.42. The van der Waals surface area contributed by atoms with Gasteiger partial charge in [-0.1, -0.05) is 36.4 Å². The highest BCUT2D eigenvalue weighted by molar-refractivity contribution is 5.95. The zero-order valence-corrected chi connectivity index (χ0v) is 17.3. The van der Waals surface area contributed by atoms with Gasteiger partial charge in [0.25, 0.3) is 5.91 Å². The normalized spacial score (nSPS) is 20.0. The molecule has 4 rings (SSSR count). The second-order valence-corrected chi connectivity index (χ2v) is 8.05. The third-order valence-electron chi connectivity index (χ3n) is 6.08. The first-order valence-electron chi connectivity index (χ1n) is 10.7. The maximum Gasteiger partial charge on any atom is 0.251 e. The number of carbonyl (C=O) groups excluding carboxylic acids is 1. The number of amides is 1. The van der Waals surface area contributed by atoms with Crippen LogP contribution in [0.3, 0.4) is 0 Å². The fourth-order valence-corrected chi connectivity index (χ4v) is 4.36. The predicted molar refractivity (Wildman–Crippen MR) is 117 cm³/mol. The molecule has 0 aliphatic carbocycles. The molecule has 2 saturated heterocycles. The van der Waals surface area contributed by atoms with E-state index in [1.165, 1.54) is 17.5 Å². The first-order chi connectivity index (χ1) is 14.2. The van der Waals surface area contributed by atoms with Crippen LogP contribution in [0.25, 0.3) is 0 Å². The van der Waals surface area contributed by atoms with Gasteiger partial charge in [0.15, 0.2) is 0 Å². The largest absolute Gasteiger partial charge is 0.378 e. The summed E-state index contributed by atoms with van der Waals surface area (Å²) in [6.07, 6.45) is 1.19.